The molecule has 5 nitrogen and oxygen atoms in total. The third-order valence-electron chi connectivity index (χ3n) is 3.13. The lowest BCUT2D eigenvalue weighted by molar-refractivity contribution is -0.133. The first kappa shape index (κ1) is 15.4. The monoisotopic (exact) mass is 276 g/mol. The van der Waals surface area contributed by atoms with Crippen LogP contribution in [0.25, 0.3) is 0 Å². The molecule has 1 rings (SSSR count). The molecule has 0 radical (unpaired) electrons. The summed E-state index contributed by atoms with van der Waals surface area (Å²) in [4.78, 5) is 13.6. The molecule has 1 heterocycles. The Kier molecular flexibility index (Phi) is 5.16. The van der Waals surface area contributed by atoms with Crippen LogP contribution in [-0.2, 0) is 14.8 Å². The van der Waals surface area contributed by atoms with Gasteiger partial charge in [0, 0.05) is 32.6 Å². The molecule has 0 bridgehead atoms. The Balaban J connectivity index is 2.54. The largest absolute Gasteiger partial charge is 0.340 e. The van der Waals surface area contributed by atoms with Gasteiger partial charge in [-0.25, -0.2) is 8.42 Å². The minimum atomic E-state index is -3.18. The van der Waals surface area contributed by atoms with E-state index in [1.807, 2.05) is 13.8 Å². The summed E-state index contributed by atoms with van der Waals surface area (Å²) in [6.45, 7) is 9.26. The smallest absolute Gasteiger partial charge is 0.222 e. The molecule has 0 spiro atoms. The highest BCUT2D eigenvalue weighted by molar-refractivity contribution is 7.89. The Morgan fingerprint density at radius 3 is 1.94 bits per heavy atom. The lowest BCUT2D eigenvalue weighted by atomic mass is 10.1. The summed E-state index contributed by atoms with van der Waals surface area (Å²) in [7, 11) is -3.18. The van der Waals surface area contributed by atoms with Crippen LogP contribution in [0, 0.1) is 5.92 Å². The second-order valence-electron chi connectivity index (χ2n) is 5.47. The number of hydrogen-bond donors (Lipinski definition) is 0. The summed E-state index contributed by atoms with van der Waals surface area (Å²) >= 11 is 0. The van der Waals surface area contributed by atoms with Crippen molar-refractivity contribution in [2.45, 2.75) is 39.4 Å². The molecule has 0 saturated carbocycles. The summed E-state index contributed by atoms with van der Waals surface area (Å²) in [5.41, 5.74) is 0. The molecule has 6 heteroatoms. The van der Waals surface area contributed by atoms with Crippen molar-refractivity contribution >= 4 is 15.9 Å². The first-order valence-corrected chi connectivity index (χ1v) is 8.02. The first-order chi connectivity index (χ1) is 8.25. The van der Waals surface area contributed by atoms with Crippen molar-refractivity contribution in [2.24, 2.45) is 5.92 Å². The minimum Gasteiger partial charge on any atom is -0.340 e. The Morgan fingerprint density at radius 1 is 1.06 bits per heavy atom. The summed E-state index contributed by atoms with van der Waals surface area (Å²) in [6.07, 6.45) is 0.539. The normalized spacial score (nSPS) is 18.7. The van der Waals surface area contributed by atoms with Crippen LogP contribution in [0.1, 0.15) is 34.1 Å². The summed E-state index contributed by atoms with van der Waals surface area (Å²) in [6, 6.07) is 0. The van der Waals surface area contributed by atoms with Crippen molar-refractivity contribution in [3.05, 3.63) is 0 Å². The summed E-state index contributed by atoms with van der Waals surface area (Å²) < 4.78 is 25.4. The van der Waals surface area contributed by atoms with E-state index in [1.165, 1.54) is 4.31 Å². The second kappa shape index (κ2) is 6.02. The van der Waals surface area contributed by atoms with Gasteiger partial charge in [-0.2, -0.15) is 4.31 Å². The zero-order valence-corrected chi connectivity index (χ0v) is 12.5. The van der Waals surface area contributed by atoms with Crippen LogP contribution in [0.2, 0.25) is 0 Å². The van der Waals surface area contributed by atoms with E-state index in [4.69, 9.17) is 0 Å². The molecule has 106 valence electrons. The number of carbonyl (C=O) groups is 1. The van der Waals surface area contributed by atoms with Gasteiger partial charge in [0.05, 0.1) is 5.25 Å². The number of sulfonamides is 1. The lowest BCUT2D eigenvalue weighted by Crippen LogP contribution is -2.52. The molecule has 1 saturated heterocycles. The Morgan fingerprint density at radius 2 is 1.56 bits per heavy atom. The first-order valence-electron chi connectivity index (χ1n) is 6.52. The van der Waals surface area contributed by atoms with Crippen molar-refractivity contribution in [3.63, 3.8) is 0 Å². The van der Waals surface area contributed by atoms with E-state index >= 15 is 0 Å². The van der Waals surface area contributed by atoms with Crippen LogP contribution in [0.3, 0.4) is 0 Å². The zero-order valence-electron chi connectivity index (χ0n) is 11.7. The van der Waals surface area contributed by atoms with Crippen molar-refractivity contribution < 1.29 is 13.2 Å². The molecule has 1 aliphatic rings. The molecule has 0 aromatic carbocycles. The van der Waals surface area contributed by atoms with E-state index in [2.05, 4.69) is 0 Å². The van der Waals surface area contributed by atoms with Gasteiger partial charge in [-0.1, -0.05) is 13.8 Å². The number of carbonyl (C=O) groups excluding carboxylic acids is 1. The van der Waals surface area contributed by atoms with E-state index in [0.717, 1.165) is 0 Å². The fourth-order valence-corrected chi connectivity index (χ4v) is 3.24. The molecular formula is C12H24N2O3S. The number of piperazine rings is 1. The Hall–Kier alpha value is -0.620. The molecule has 0 N–H and O–H groups in total. The summed E-state index contributed by atoms with van der Waals surface area (Å²) in [5.74, 6) is 0.474. The maximum atomic E-state index is 12.0. The zero-order chi connectivity index (χ0) is 13.9. The van der Waals surface area contributed by atoms with Gasteiger partial charge in [-0.3, -0.25) is 4.79 Å². The maximum Gasteiger partial charge on any atom is 0.222 e. The number of nitrogens with zero attached hydrogens (tertiary/aromatic N) is 2. The van der Waals surface area contributed by atoms with Crippen molar-refractivity contribution in [2.75, 3.05) is 26.2 Å². The van der Waals surface area contributed by atoms with Gasteiger partial charge in [0.2, 0.25) is 15.9 Å². The quantitative estimate of drug-likeness (QED) is 0.767. The van der Waals surface area contributed by atoms with Crippen LogP contribution in [0.5, 0.6) is 0 Å². The molecule has 0 aromatic heterocycles. The van der Waals surface area contributed by atoms with E-state index in [9.17, 15) is 13.2 Å². The SMILES string of the molecule is CC(C)CC(=O)N1CCN(S(=O)(=O)C(C)C)CC1. The van der Waals surface area contributed by atoms with Gasteiger partial charge in [0.1, 0.15) is 0 Å². The van der Waals surface area contributed by atoms with Gasteiger partial charge in [0.15, 0.2) is 0 Å². The van der Waals surface area contributed by atoms with E-state index < -0.39 is 15.3 Å². The fraction of sp³-hybridized carbons (Fsp3) is 0.917. The van der Waals surface area contributed by atoms with Gasteiger partial charge in [0.25, 0.3) is 0 Å². The van der Waals surface area contributed by atoms with Crippen LogP contribution < -0.4 is 0 Å². The highest BCUT2D eigenvalue weighted by Gasteiger charge is 2.30. The third kappa shape index (κ3) is 3.68. The highest BCUT2D eigenvalue weighted by Crippen LogP contribution is 2.14. The van der Waals surface area contributed by atoms with Gasteiger partial charge >= 0.3 is 0 Å². The van der Waals surface area contributed by atoms with Gasteiger partial charge in [-0.05, 0) is 19.8 Å². The average Bonchev–Trinajstić information content (AvgIpc) is 2.28. The van der Waals surface area contributed by atoms with E-state index in [1.54, 1.807) is 18.7 Å². The number of amides is 1. The Bertz CT molecular complexity index is 382. The minimum absolute atomic E-state index is 0.131. The Labute approximate surface area is 110 Å². The predicted molar refractivity (Wildman–Crippen MR) is 71.7 cm³/mol. The molecule has 1 aliphatic heterocycles. The average molecular weight is 276 g/mol. The number of hydrogen-bond acceptors (Lipinski definition) is 3. The molecule has 0 unspecified atom stereocenters. The maximum absolute atomic E-state index is 12.0. The van der Waals surface area contributed by atoms with Crippen LogP contribution in [0.4, 0.5) is 0 Å². The standard InChI is InChI=1S/C12H24N2O3S/c1-10(2)9-12(15)13-5-7-14(8-6-13)18(16,17)11(3)4/h10-11H,5-9H2,1-4H3. The lowest BCUT2D eigenvalue weighted by Gasteiger charge is -2.35. The molecule has 0 aromatic rings. The predicted octanol–water partition coefficient (Wildman–Crippen LogP) is 0.915. The molecule has 18 heavy (non-hydrogen) atoms. The second-order valence-corrected chi connectivity index (χ2v) is 7.96. The highest BCUT2D eigenvalue weighted by atomic mass is 32.2. The van der Waals surface area contributed by atoms with E-state index in [0.29, 0.717) is 38.5 Å². The van der Waals surface area contributed by atoms with Crippen molar-refractivity contribution in [1.82, 2.24) is 9.21 Å². The summed E-state index contributed by atoms with van der Waals surface area (Å²) in [5, 5.41) is -0.393. The van der Waals surface area contributed by atoms with Crippen LogP contribution >= 0.6 is 0 Å². The van der Waals surface area contributed by atoms with Crippen molar-refractivity contribution in [1.29, 1.82) is 0 Å². The van der Waals surface area contributed by atoms with Crippen LogP contribution in [-0.4, -0.2) is 55.0 Å². The van der Waals surface area contributed by atoms with Crippen LogP contribution in [0.15, 0.2) is 0 Å². The number of rotatable bonds is 4. The van der Waals surface area contributed by atoms with Gasteiger partial charge in [-0.15, -0.1) is 0 Å². The fourth-order valence-electron chi connectivity index (χ4n) is 1.97. The van der Waals surface area contributed by atoms with Crippen molar-refractivity contribution in [3.8, 4) is 0 Å². The molecule has 0 aliphatic carbocycles. The molecular weight excluding hydrogens is 252 g/mol. The third-order valence-corrected chi connectivity index (χ3v) is 5.41. The molecule has 0 atom stereocenters. The molecule has 1 amide bonds. The molecule has 1 fully saturated rings. The topological polar surface area (TPSA) is 57.7 Å². The van der Waals surface area contributed by atoms with Gasteiger partial charge < -0.3 is 4.90 Å². The van der Waals surface area contributed by atoms with E-state index in [-0.39, 0.29) is 5.91 Å².